The molecule has 3 aromatic carbocycles. The first-order valence-corrected chi connectivity index (χ1v) is 13.9. The Bertz CT molecular complexity index is 1900. The minimum atomic E-state index is -0.987. The number of halogens is 2. The summed E-state index contributed by atoms with van der Waals surface area (Å²) in [6, 6.07) is 22.4. The van der Waals surface area contributed by atoms with Gasteiger partial charge in [0, 0.05) is 26.9 Å². The summed E-state index contributed by atoms with van der Waals surface area (Å²) in [5.41, 5.74) is 8.91. The Hall–Kier alpha value is -5.16. The highest BCUT2D eigenvalue weighted by atomic mass is 32.1. The van der Waals surface area contributed by atoms with Crippen LogP contribution in [0.5, 0.6) is 0 Å². The van der Waals surface area contributed by atoms with Crippen LogP contribution in [0.15, 0.2) is 91.4 Å². The van der Waals surface area contributed by atoms with Crippen LogP contribution in [-0.2, 0) is 6.54 Å². The van der Waals surface area contributed by atoms with Crippen LogP contribution in [0.25, 0.3) is 27.0 Å². The van der Waals surface area contributed by atoms with Crippen molar-refractivity contribution in [3.05, 3.63) is 119 Å². The monoisotopic (exact) mass is 581 g/mol. The molecule has 0 unspecified atom stereocenters. The lowest BCUT2D eigenvalue weighted by Gasteiger charge is -2.15. The largest absolute Gasteiger partial charge is 0.383 e. The number of rotatable bonds is 8. The van der Waals surface area contributed by atoms with E-state index in [1.807, 2.05) is 60.7 Å². The number of nitrogens with zero attached hydrogens (tertiary/aromatic N) is 4. The van der Waals surface area contributed by atoms with Crippen LogP contribution in [0.3, 0.4) is 0 Å². The maximum atomic E-state index is 14.4. The van der Waals surface area contributed by atoms with Gasteiger partial charge in [-0.3, -0.25) is 4.79 Å². The average molecular weight is 582 g/mol. The van der Waals surface area contributed by atoms with Gasteiger partial charge in [-0.15, -0.1) is 16.4 Å². The number of carbonyl (C=O) groups is 1. The molecule has 0 aliphatic heterocycles. The number of fused-ring (bicyclic) bond motifs is 1. The standard InChI is InChI=1S/C31H25F2N7OS/c1-18(22-8-5-9-25(32)28(22)33)38-31(41)24-16-40(20-6-3-2-4-7-20)39-30(24)35-15-21-11-13-27(42-21)19-10-12-26-23(14-19)29(34)37-17-36-26/h2-14,16-18H,15H2,1H3,(H,35,39)(H,38,41)(H2,34,36,37)/t18-/m0/s1. The van der Waals surface area contributed by atoms with Gasteiger partial charge >= 0.3 is 0 Å². The maximum Gasteiger partial charge on any atom is 0.257 e. The average Bonchev–Trinajstić information content (AvgIpc) is 3.66. The number of hydrogen-bond acceptors (Lipinski definition) is 7. The van der Waals surface area contributed by atoms with Crippen molar-refractivity contribution in [2.24, 2.45) is 0 Å². The van der Waals surface area contributed by atoms with E-state index in [-0.39, 0.29) is 11.1 Å². The Balaban J connectivity index is 1.24. The predicted octanol–water partition coefficient (Wildman–Crippen LogP) is 6.51. The molecule has 0 spiro atoms. The molecule has 11 heteroatoms. The number of nitrogens with one attached hydrogen (secondary N) is 2. The Morgan fingerprint density at radius 3 is 2.69 bits per heavy atom. The third kappa shape index (κ3) is 5.41. The second-order valence-electron chi connectivity index (χ2n) is 9.62. The van der Waals surface area contributed by atoms with Gasteiger partial charge in [-0.2, -0.15) is 0 Å². The summed E-state index contributed by atoms with van der Waals surface area (Å²) in [5, 5.41) is 11.5. The molecule has 1 amide bonds. The number of anilines is 2. The topological polar surface area (TPSA) is 111 Å². The minimum Gasteiger partial charge on any atom is -0.383 e. The van der Waals surface area contributed by atoms with Gasteiger partial charge in [0.15, 0.2) is 17.5 Å². The highest BCUT2D eigenvalue weighted by molar-refractivity contribution is 7.15. The summed E-state index contributed by atoms with van der Waals surface area (Å²) < 4.78 is 29.8. The Kier molecular flexibility index (Phi) is 7.32. The molecule has 0 aliphatic rings. The lowest BCUT2D eigenvalue weighted by molar-refractivity contribution is 0.0940. The molecule has 1 atom stereocenters. The number of carbonyl (C=O) groups excluding carboxylic acids is 1. The molecule has 0 bridgehead atoms. The SMILES string of the molecule is C[C@H](NC(=O)c1cn(-c2ccccc2)nc1NCc1ccc(-c2ccc3ncnc(N)c3c2)s1)c1cccc(F)c1F. The van der Waals surface area contributed by atoms with Gasteiger partial charge in [-0.05, 0) is 55.0 Å². The summed E-state index contributed by atoms with van der Waals surface area (Å²) in [6.45, 7) is 2.01. The molecule has 0 saturated heterocycles. The van der Waals surface area contributed by atoms with E-state index < -0.39 is 23.6 Å². The molecule has 210 valence electrons. The Morgan fingerprint density at radius 2 is 1.86 bits per heavy atom. The van der Waals surface area contributed by atoms with Crippen LogP contribution in [0.1, 0.15) is 33.8 Å². The second-order valence-corrected chi connectivity index (χ2v) is 10.8. The zero-order chi connectivity index (χ0) is 29.2. The van der Waals surface area contributed by atoms with E-state index in [4.69, 9.17) is 5.73 Å². The number of hydrogen-bond donors (Lipinski definition) is 3. The molecule has 3 aromatic heterocycles. The van der Waals surface area contributed by atoms with Crippen LogP contribution in [0, 0.1) is 11.6 Å². The second kappa shape index (κ2) is 11.4. The first-order valence-electron chi connectivity index (χ1n) is 13.1. The molecule has 0 radical (unpaired) electrons. The van der Waals surface area contributed by atoms with Crippen molar-refractivity contribution in [2.45, 2.75) is 19.5 Å². The molecular formula is C31H25F2N7OS. The van der Waals surface area contributed by atoms with Crippen molar-refractivity contribution in [2.75, 3.05) is 11.1 Å². The van der Waals surface area contributed by atoms with Gasteiger partial charge in [0.05, 0.1) is 23.8 Å². The Labute approximate surface area is 243 Å². The molecule has 42 heavy (non-hydrogen) atoms. The third-order valence-electron chi connectivity index (χ3n) is 6.82. The van der Waals surface area contributed by atoms with Crippen molar-refractivity contribution in [3.8, 4) is 16.1 Å². The lowest BCUT2D eigenvalue weighted by atomic mass is 10.1. The van der Waals surface area contributed by atoms with Gasteiger partial charge in [0.25, 0.3) is 5.91 Å². The molecule has 3 heterocycles. The van der Waals surface area contributed by atoms with Crippen molar-refractivity contribution < 1.29 is 13.6 Å². The zero-order valence-electron chi connectivity index (χ0n) is 22.4. The molecular weight excluding hydrogens is 556 g/mol. The summed E-state index contributed by atoms with van der Waals surface area (Å²) >= 11 is 1.59. The van der Waals surface area contributed by atoms with Gasteiger partial charge in [-0.1, -0.05) is 36.4 Å². The molecule has 6 aromatic rings. The fourth-order valence-electron chi connectivity index (χ4n) is 4.62. The number of nitrogens with two attached hydrogens (primary N) is 1. The van der Waals surface area contributed by atoms with Crippen LogP contribution in [-0.4, -0.2) is 25.7 Å². The normalized spacial score (nSPS) is 11.9. The summed E-state index contributed by atoms with van der Waals surface area (Å²) in [5.74, 6) is -1.65. The number of amides is 1. The van der Waals surface area contributed by atoms with Crippen molar-refractivity contribution in [1.82, 2.24) is 25.1 Å². The van der Waals surface area contributed by atoms with E-state index in [0.717, 1.165) is 38.0 Å². The maximum absolute atomic E-state index is 14.4. The van der Waals surface area contributed by atoms with E-state index in [1.54, 1.807) is 29.1 Å². The van der Waals surface area contributed by atoms with Crippen LogP contribution in [0.2, 0.25) is 0 Å². The third-order valence-corrected chi connectivity index (χ3v) is 7.95. The molecule has 0 fully saturated rings. The number of para-hydroxylation sites is 1. The molecule has 6 rings (SSSR count). The van der Waals surface area contributed by atoms with Gasteiger partial charge in [0.1, 0.15) is 17.7 Å². The first kappa shape index (κ1) is 27.0. The van der Waals surface area contributed by atoms with E-state index in [2.05, 4.69) is 25.7 Å². The highest BCUT2D eigenvalue weighted by Gasteiger charge is 2.22. The number of nitrogen functional groups attached to an aromatic ring is 1. The first-order chi connectivity index (χ1) is 20.4. The van der Waals surface area contributed by atoms with Crippen molar-refractivity contribution >= 4 is 39.8 Å². The highest BCUT2D eigenvalue weighted by Crippen LogP contribution is 2.32. The van der Waals surface area contributed by atoms with Crippen molar-refractivity contribution in [3.63, 3.8) is 0 Å². The fourth-order valence-corrected chi connectivity index (χ4v) is 5.56. The Morgan fingerprint density at radius 1 is 1.02 bits per heavy atom. The van der Waals surface area contributed by atoms with Gasteiger partial charge < -0.3 is 16.4 Å². The van der Waals surface area contributed by atoms with E-state index in [9.17, 15) is 13.6 Å². The minimum absolute atomic E-state index is 0.0569. The van der Waals surface area contributed by atoms with Crippen LogP contribution >= 0.6 is 11.3 Å². The smallest absolute Gasteiger partial charge is 0.257 e. The molecule has 4 N–H and O–H groups in total. The summed E-state index contributed by atoms with van der Waals surface area (Å²) in [6.07, 6.45) is 3.06. The zero-order valence-corrected chi connectivity index (χ0v) is 23.2. The quantitative estimate of drug-likeness (QED) is 0.189. The summed E-state index contributed by atoms with van der Waals surface area (Å²) in [7, 11) is 0. The summed E-state index contributed by atoms with van der Waals surface area (Å²) in [4.78, 5) is 23.8. The molecule has 0 aliphatic carbocycles. The van der Waals surface area contributed by atoms with Crippen LogP contribution in [0.4, 0.5) is 20.4 Å². The van der Waals surface area contributed by atoms with Crippen molar-refractivity contribution in [1.29, 1.82) is 0 Å². The fraction of sp³-hybridized carbons (Fsp3) is 0.0968. The van der Waals surface area contributed by atoms with E-state index in [1.165, 1.54) is 18.5 Å². The van der Waals surface area contributed by atoms with Gasteiger partial charge in [-0.25, -0.2) is 23.4 Å². The lowest BCUT2D eigenvalue weighted by Crippen LogP contribution is -2.27. The van der Waals surface area contributed by atoms with E-state index in [0.29, 0.717) is 18.2 Å². The molecule has 8 nitrogen and oxygen atoms in total. The van der Waals surface area contributed by atoms with Gasteiger partial charge in [0.2, 0.25) is 0 Å². The predicted molar refractivity (Wildman–Crippen MR) is 160 cm³/mol. The molecule has 0 saturated carbocycles. The number of aromatic nitrogens is 4. The van der Waals surface area contributed by atoms with Crippen LogP contribution < -0.4 is 16.4 Å². The number of thiophene rings is 1. The number of benzene rings is 3. The van der Waals surface area contributed by atoms with E-state index >= 15 is 0 Å².